The van der Waals surface area contributed by atoms with Gasteiger partial charge in [-0.05, 0) is 12.8 Å². The molecule has 1 aliphatic rings. The smallest absolute Gasteiger partial charge is 0.307 e. The topological polar surface area (TPSA) is 84.9 Å². The zero-order valence-electron chi connectivity index (χ0n) is 10.8. The Hall–Kier alpha value is -1.14. The fourth-order valence-electron chi connectivity index (χ4n) is 2.31. The molecule has 1 amide bonds. The molecule has 0 aromatic carbocycles. The molecule has 0 saturated heterocycles. The average molecular weight is 259 g/mol. The largest absolute Gasteiger partial charge is 0.481 e. The van der Waals surface area contributed by atoms with Gasteiger partial charge in [-0.1, -0.05) is 6.42 Å². The van der Waals surface area contributed by atoms with Crippen molar-refractivity contribution in [3.8, 4) is 0 Å². The van der Waals surface area contributed by atoms with Crippen LogP contribution in [0.25, 0.3) is 0 Å². The van der Waals surface area contributed by atoms with Crippen molar-refractivity contribution >= 4 is 11.9 Å². The van der Waals surface area contributed by atoms with Crippen LogP contribution in [-0.2, 0) is 19.1 Å². The quantitative estimate of drug-likeness (QED) is 0.685. The van der Waals surface area contributed by atoms with Gasteiger partial charge >= 0.3 is 5.97 Å². The average Bonchev–Trinajstić information content (AvgIpc) is 2.83. The number of hydrogen-bond donors (Lipinski definition) is 2. The molecule has 0 aliphatic heterocycles. The second-order valence-corrected chi connectivity index (χ2v) is 4.54. The summed E-state index contributed by atoms with van der Waals surface area (Å²) in [6, 6.07) is 0. The third kappa shape index (κ3) is 3.96. The molecule has 0 radical (unpaired) electrons. The number of nitrogens with one attached hydrogen (secondary N) is 1. The summed E-state index contributed by atoms with van der Waals surface area (Å²) < 4.78 is 10.1. The molecule has 1 aliphatic carbocycles. The minimum absolute atomic E-state index is 0.196. The van der Waals surface area contributed by atoms with E-state index in [1.807, 2.05) is 0 Å². The molecule has 3 unspecified atom stereocenters. The molecular weight excluding hydrogens is 238 g/mol. The van der Waals surface area contributed by atoms with Gasteiger partial charge in [0.25, 0.3) is 0 Å². The van der Waals surface area contributed by atoms with Gasteiger partial charge in [0.05, 0.1) is 24.5 Å². The summed E-state index contributed by atoms with van der Waals surface area (Å²) in [6.45, 7) is 0.732. The number of methoxy groups -OCH3 is 2. The zero-order chi connectivity index (χ0) is 13.5. The number of carbonyl (C=O) groups is 2. The van der Waals surface area contributed by atoms with E-state index >= 15 is 0 Å². The van der Waals surface area contributed by atoms with Crippen molar-refractivity contribution in [1.82, 2.24) is 5.32 Å². The molecule has 6 nitrogen and oxygen atoms in total. The van der Waals surface area contributed by atoms with Crippen LogP contribution in [-0.4, -0.2) is 50.5 Å². The summed E-state index contributed by atoms with van der Waals surface area (Å²) in [7, 11) is 3.11. The number of carboxylic acids is 1. The monoisotopic (exact) mass is 259 g/mol. The van der Waals surface area contributed by atoms with Crippen LogP contribution >= 0.6 is 0 Å². The first-order chi connectivity index (χ1) is 8.60. The Morgan fingerprint density at radius 1 is 1.33 bits per heavy atom. The number of carboxylic acid groups (broad SMARTS) is 1. The lowest BCUT2D eigenvalue weighted by atomic mass is 9.95. The summed E-state index contributed by atoms with van der Waals surface area (Å²) in [5, 5.41) is 11.8. The van der Waals surface area contributed by atoms with Gasteiger partial charge in [0.15, 0.2) is 0 Å². The molecule has 1 saturated carbocycles. The van der Waals surface area contributed by atoms with E-state index in [1.165, 1.54) is 0 Å². The highest BCUT2D eigenvalue weighted by atomic mass is 16.5. The Morgan fingerprint density at radius 2 is 2.00 bits per heavy atom. The van der Waals surface area contributed by atoms with Crippen LogP contribution in [0.2, 0.25) is 0 Å². The molecule has 104 valence electrons. The Kier molecular flexibility index (Phi) is 6.07. The van der Waals surface area contributed by atoms with Crippen molar-refractivity contribution in [2.24, 2.45) is 11.8 Å². The first kappa shape index (κ1) is 14.9. The van der Waals surface area contributed by atoms with E-state index in [9.17, 15) is 9.59 Å². The van der Waals surface area contributed by atoms with E-state index in [-0.39, 0.29) is 12.0 Å². The third-order valence-corrected chi connectivity index (χ3v) is 3.36. The van der Waals surface area contributed by atoms with Crippen LogP contribution in [0.15, 0.2) is 0 Å². The normalized spacial score (nSPS) is 24.8. The van der Waals surface area contributed by atoms with Crippen LogP contribution in [0.1, 0.15) is 19.3 Å². The number of rotatable bonds is 7. The Morgan fingerprint density at radius 3 is 2.56 bits per heavy atom. The number of aliphatic carboxylic acids is 1. The van der Waals surface area contributed by atoms with Crippen LogP contribution < -0.4 is 5.32 Å². The Bertz CT molecular complexity index is 294. The highest BCUT2D eigenvalue weighted by Gasteiger charge is 2.37. The standard InChI is InChI=1S/C12H21NO5/c1-17-7-8(18-2)6-13-11(14)9-4-3-5-10(9)12(15)16/h8-10H,3-7H2,1-2H3,(H,13,14)(H,15,16). The van der Waals surface area contributed by atoms with E-state index in [0.29, 0.717) is 26.0 Å². The summed E-state index contributed by atoms with van der Waals surface area (Å²) >= 11 is 0. The lowest BCUT2D eigenvalue weighted by Gasteiger charge is -2.19. The summed E-state index contributed by atoms with van der Waals surface area (Å²) in [4.78, 5) is 22.9. The molecule has 0 aromatic heterocycles. The number of amides is 1. The van der Waals surface area contributed by atoms with Crippen LogP contribution in [0.3, 0.4) is 0 Å². The van der Waals surface area contributed by atoms with Gasteiger partial charge in [0, 0.05) is 20.8 Å². The molecule has 1 rings (SSSR count). The third-order valence-electron chi connectivity index (χ3n) is 3.36. The molecule has 1 fully saturated rings. The van der Waals surface area contributed by atoms with E-state index in [2.05, 4.69) is 5.32 Å². The minimum Gasteiger partial charge on any atom is -0.481 e. The van der Waals surface area contributed by atoms with E-state index in [0.717, 1.165) is 6.42 Å². The minimum atomic E-state index is -0.882. The fourth-order valence-corrected chi connectivity index (χ4v) is 2.31. The molecule has 0 aromatic rings. The molecule has 18 heavy (non-hydrogen) atoms. The highest BCUT2D eigenvalue weighted by Crippen LogP contribution is 2.31. The maximum absolute atomic E-state index is 11.9. The molecule has 2 N–H and O–H groups in total. The van der Waals surface area contributed by atoms with Gasteiger partial charge in [-0.15, -0.1) is 0 Å². The van der Waals surface area contributed by atoms with Crippen molar-refractivity contribution < 1.29 is 24.2 Å². The first-order valence-corrected chi connectivity index (χ1v) is 6.12. The number of hydrogen-bond acceptors (Lipinski definition) is 4. The van der Waals surface area contributed by atoms with Crippen LogP contribution in [0, 0.1) is 11.8 Å². The second-order valence-electron chi connectivity index (χ2n) is 4.54. The zero-order valence-corrected chi connectivity index (χ0v) is 10.8. The molecule has 6 heteroatoms. The molecule has 0 bridgehead atoms. The first-order valence-electron chi connectivity index (χ1n) is 6.12. The SMILES string of the molecule is COCC(CNC(=O)C1CCCC1C(=O)O)OC. The van der Waals surface area contributed by atoms with Gasteiger partial charge < -0.3 is 19.9 Å². The Balaban J connectivity index is 2.42. The van der Waals surface area contributed by atoms with Crippen LogP contribution in [0.5, 0.6) is 0 Å². The van der Waals surface area contributed by atoms with Gasteiger partial charge in [-0.3, -0.25) is 9.59 Å². The van der Waals surface area contributed by atoms with Crippen molar-refractivity contribution in [2.45, 2.75) is 25.4 Å². The lowest BCUT2D eigenvalue weighted by Crippen LogP contribution is -2.40. The van der Waals surface area contributed by atoms with E-state index in [1.54, 1.807) is 14.2 Å². The predicted octanol–water partition coefficient (Wildman–Crippen LogP) is 0.265. The highest BCUT2D eigenvalue weighted by molar-refractivity contribution is 5.85. The number of carbonyl (C=O) groups excluding carboxylic acids is 1. The van der Waals surface area contributed by atoms with Gasteiger partial charge in [0.1, 0.15) is 0 Å². The fraction of sp³-hybridized carbons (Fsp3) is 0.833. The summed E-state index contributed by atoms with van der Waals surface area (Å²) in [5.41, 5.74) is 0. The van der Waals surface area contributed by atoms with Gasteiger partial charge in [0.2, 0.25) is 5.91 Å². The summed E-state index contributed by atoms with van der Waals surface area (Å²) in [5.74, 6) is -2.04. The summed E-state index contributed by atoms with van der Waals surface area (Å²) in [6.07, 6.45) is 1.81. The van der Waals surface area contributed by atoms with Crippen molar-refractivity contribution in [1.29, 1.82) is 0 Å². The van der Waals surface area contributed by atoms with Gasteiger partial charge in [-0.2, -0.15) is 0 Å². The van der Waals surface area contributed by atoms with Crippen molar-refractivity contribution in [2.75, 3.05) is 27.4 Å². The Labute approximate surface area is 107 Å². The molecule has 0 spiro atoms. The second kappa shape index (κ2) is 7.33. The molecule has 0 heterocycles. The molecular formula is C12H21NO5. The maximum atomic E-state index is 11.9. The van der Waals surface area contributed by atoms with E-state index < -0.39 is 17.8 Å². The van der Waals surface area contributed by atoms with E-state index in [4.69, 9.17) is 14.6 Å². The number of ether oxygens (including phenoxy) is 2. The van der Waals surface area contributed by atoms with Gasteiger partial charge in [-0.25, -0.2) is 0 Å². The van der Waals surface area contributed by atoms with Crippen molar-refractivity contribution in [3.63, 3.8) is 0 Å². The van der Waals surface area contributed by atoms with Crippen molar-refractivity contribution in [3.05, 3.63) is 0 Å². The maximum Gasteiger partial charge on any atom is 0.307 e. The molecule has 3 atom stereocenters. The van der Waals surface area contributed by atoms with Crippen LogP contribution in [0.4, 0.5) is 0 Å². The predicted molar refractivity (Wildman–Crippen MR) is 64.1 cm³/mol. The lowest BCUT2D eigenvalue weighted by molar-refractivity contribution is -0.146.